The number of aliphatic hydroxyl groups excluding tert-OH is 1. The van der Waals surface area contributed by atoms with Gasteiger partial charge in [0.1, 0.15) is 0 Å². The molecule has 0 spiro atoms. The molecule has 11 heavy (non-hydrogen) atoms. The summed E-state index contributed by atoms with van der Waals surface area (Å²) in [5.41, 5.74) is 0. The number of rotatable bonds is 4. The summed E-state index contributed by atoms with van der Waals surface area (Å²) >= 11 is 0. The van der Waals surface area contributed by atoms with E-state index in [1.165, 1.54) is 6.08 Å². The van der Waals surface area contributed by atoms with Crippen molar-refractivity contribution in [3.05, 3.63) is 24.0 Å². The fourth-order valence-corrected chi connectivity index (χ4v) is 0.493. The molecule has 0 radical (unpaired) electrons. The summed E-state index contributed by atoms with van der Waals surface area (Å²) in [6.45, 7) is 2.02. The molecule has 0 saturated carbocycles. The minimum absolute atomic E-state index is 0.627. The Labute approximate surface area is 65.7 Å². The lowest BCUT2D eigenvalue weighted by atomic mass is 10.3. The summed E-state index contributed by atoms with van der Waals surface area (Å²) in [5.74, 6) is -1.93. The average molecular weight is 156 g/mol. The molecule has 0 unspecified atom stereocenters. The molecule has 0 amide bonds. The Morgan fingerprint density at radius 1 is 1.45 bits per heavy atom. The van der Waals surface area contributed by atoms with Crippen LogP contribution in [0.5, 0.6) is 0 Å². The number of hydrogen-bond donors (Lipinski definition) is 2. The van der Waals surface area contributed by atoms with Crippen LogP contribution in [0.2, 0.25) is 0 Å². The summed E-state index contributed by atoms with van der Waals surface area (Å²) in [5, 5.41) is 16.8. The molecule has 0 aliphatic heterocycles. The van der Waals surface area contributed by atoms with Crippen molar-refractivity contribution in [3.63, 3.8) is 0 Å². The first-order valence-electron chi connectivity index (χ1n) is 3.47. The second-order valence-electron chi connectivity index (χ2n) is 2.07. The zero-order chi connectivity index (χ0) is 8.69. The van der Waals surface area contributed by atoms with Gasteiger partial charge in [0.2, 0.25) is 5.76 Å². The Hall–Kier alpha value is -1.25. The molecule has 0 aliphatic rings. The lowest BCUT2D eigenvalue weighted by Crippen LogP contribution is -1.97. The highest BCUT2D eigenvalue weighted by Gasteiger charge is 1.99. The smallest absolute Gasteiger partial charge is 0.370 e. The zero-order valence-corrected chi connectivity index (χ0v) is 6.45. The number of carbonyl (C=O) groups is 1. The molecule has 0 rings (SSSR count). The quantitative estimate of drug-likeness (QED) is 0.371. The molecule has 0 atom stereocenters. The van der Waals surface area contributed by atoms with Crippen LogP contribution in [0.3, 0.4) is 0 Å². The van der Waals surface area contributed by atoms with Crippen molar-refractivity contribution in [1.82, 2.24) is 0 Å². The standard InChI is InChI=1S/C8H12O3/c1-2-3-4-5-6-7(9)8(10)11/h4-6,9H,2-3H2,1H3,(H,10,11). The number of aliphatic carboxylic acids is 1. The maximum atomic E-state index is 10.0. The van der Waals surface area contributed by atoms with Gasteiger partial charge in [-0.1, -0.05) is 25.5 Å². The number of aliphatic hydroxyl groups is 1. The van der Waals surface area contributed by atoms with Gasteiger partial charge in [0.05, 0.1) is 0 Å². The van der Waals surface area contributed by atoms with Crippen molar-refractivity contribution in [2.24, 2.45) is 0 Å². The molecule has 2 N–H and O–H groups in total. The van der Waals surface area contributed by atoms with Gasteiger partial charge < -0.3 is 10.2 Å². The Kier molecular flexibility index (Phi) is 4.90. The minimum Gasteiger partial charge on any atom is -0.502 e. The van der Waals surface area contributed by atoms with Crippen molar-refractivity contribution >= 4 is 5.97 Å². The first kappa shape index (κ1) is 9.75. The van der Waals surface area contributed by atoms with E-state index in [1.807, 2.05) is 6.92 Å². The van der Waals surface area contributed by atoms with Gasteiger partial charge in [-0.05, 0) is 12.5 Å². The van der Waals surface area contributed by atoms with Gasteiger partial charge in [-0.2, -0.15) is 0 Å². The van der Waals surface area contributed by atoms with Crippen LogP contribution in [0.15, 0.2) is 24.0 Å². The molecular weight excluding hydrogens is 144 g/mol. The largest absolute Gasteiger partial charge is 0.502 e. The second-order valence-corrected chi connectivity index (χ2v) is 2.07. The highest BCUT2D eigenvalue weighted by atomic mass is 16.4. The molecule has 0 aromatic rings. The predicted molar refractivity (Wildman–Crippen MR) is 42.4 cm³/mol. The molecular formula is C8H12O3. The van der Waals surface area contributed by atoms with Gasteiger partial charge in [0.25, 0.3) is 0 Å². The van der Waals surface area contributed by atoms with E-state index in [9.17, 15) is 4.79 Å². The molecule has 0 aromatic carbocycles. The van der Waals surface area contributed by atoms with E-state index in [0.717, 1.165) is 18.9 Å². The van der Waals surface area contributed by atoms with Crippen molar-refractivity contribution in [2.45, 2.75) is 19.8 Å². The Balaban J connectivity index is 3.81. The Morgan fingerprint density at radius 2 is 2.09 bits per heavy atom. The van der Waals surface area contributed by atoms with E-state index < -0.39 is 11.7 Å². The fraction of sp³-hybridized carbons (Fsp3) is 0.375. The van der Waals surface area contributed by atoms with Crippen LogP contribution in [0, 0.1) is 0 Å². The van der Waals surface area contributed by atoms with Crippen LogP contribution in [0.25, 0.3) is 0 Å². The maximum absolute atomic E-state index is 10.0. The third-order valence-electron chi connectivity index (χ3n) is 1.06. The number of carboxylic acids is 1. The normalized spacial score (nSPS) is 12.3. The van der Waals surface area contributed by atoms with Crippen molar-refractivity contribution in [2.75, 3.05) is 0 Å². The van der Waals surface area contributed by atoms with Gasteiger partial charge in [-0.15, -0.1) is 0 Å². The molecule has 0 fully saturated rings. The molecule has 0 saturated heterocycles. The van der Waals surface area contributed by atoms with Gasteiger partial charge in [-0.3, -0.25) is 0 Å². The SMILES string of the molecule is CCCC=CC=C(O)C(=O)O. The third-order valence-corrected chi connectivity index (χ3v) is 1.06. The Bertz CT molecular complexity index is 180. The molecule has 3 heteroatoms. The molecule has 0 aromatic heterocycles. The monoisotopic (exact) mass is 156 g/mol. The summed E-state index contributed by atoms with van der Waals surface area (Å²) in [6.07, 6.45) is 6.41. The van der Waals surface area contributed by atoms with Crippen LogP contribution >= 0.6 is 0 Å². The van der Waals surface area contributed by atoms with Gasteiger partial charge >= 0.3 is 5.97 Å². The highest BCUT2D eigenvalue weighted by molar-refractivity contribution is 5.83. The summed E-state index contributed by atoms with van der Waals surface area (Å²) in [4.78, 5) is 10.0. The summed E-state index contributed by atoms with van der Waals surface area (Å²) < 4.78 is 0. The van der Waals surface area contributed by atoms with E-state index in [2.05, 4.69) is 0 Å². The summed E-state index contributed by atoms with van der Waals surface area (Å²) in [7, 11) is 0. The molecule has 62 valence electrons. The van der Waals surface area contributed by atoms with Crippen LogP contribution in [-0.2, 0) is 4.79 Å². The average Bonchev–Trinajstić information content (AvgIpc) is 1.97. The van der Waals surface area contributed by atoms with Crippen LogP contribution in [0.4, 0.5) is 0 Å². The molecule has 3 nitrogen and oxygen atoms in total. The minimum atomic E-state index is -1.30. The van der Waals surface area contributed by atoms with Crippen molar-refractivity contribution < 1.29 is 15.0 Å². The van der Waals surface area contributed by atoms with Crippen molar-refractivity contribution in [1.29, 1.82) is 0 Å². The third kappa shape index (κ3) is 5.21. The van der Waals surface area contributed by atoms with E-state index in [0.29, 0.717) is 0 Å². The van der Waals surface area contributed by atoms with Crippen molar-refractivity contribution in [3.8, 4) is 0 Å². The lowest BCUT2D eigenvalue weighted by molar-refractivity contribution is -0.135. The van der Waals surface area contributed by atoms with Crippen LogP contribution < -0.4 is 0 Å². The van der Waals surface area contributed by atoms with Gasteiger partial charge in [-0.25, -0.2) is 4.79 Å². The molecule has 0 bridgehead atoms. The predicted octanol–water partition coefficient (Wildman–Crippen LogP) is 1.87. The number of unbranched alkanes of at least 4 members (excludes halogenated alkanes) is 1. The number of hydrogen-bond acceptors (Lipinski definition) is 2. The summed E-state index contributed by atoms with van der Waals surface area (Å²) in [6, 6.07) is 0. The maximum Gasteiger partial charge on any atom is 0.370 e. The number of carboxylic acid groups (broad SMARTS) is 1. The van der Waals surface area contributed by atoms with E-state index in [-0.39, 0.29) is 0 Å². The molecule has 0 heterocycles. The van der Waals surface area contributed by atoms with Crippen LogP contribution in [-0.4, -0.2) is 16.2 Å². The Morgan fingerprint density at radius 3 is 2.55 bits per heavy atom. The molecule has 0 aliphatic carbocycles. The van der Waals surface area contributed by atoms with Crippen LogP contribution in [0.1, 0.15) is 19.8 Å². The lowest BCUT2D eigenvalue weighted by Gasteiger charge is -1.86. The van der Waals surface area contributed by atoms with Gasteiger partial charge in [0.15, 0.2) is 0 Å². The van der Waals surface area contributed by atoms with Gasteiger partial charge in [0, 0.05) is 0 Å². The van der Waals surface area contributed by atoms with E-state index in [1.54, 1.807) is 6.08 Å². The topological polar surface area (TPSA) is 57.5 Å². The first-order chi connectivity index (χ1) is 5.18. The first-order valence-corrected chi connectivity index (χ1v) is 3.47. The zero-order valence-electron chi connectivity index (χ0n) is 6.45. The highest BCUT2D eigenvalue weighted by Crippen LogP contribution is 1.92. The fourth-order valence-electron chi connectivity index (χ4n) is 0.493. The van der Waals surface area contributed by atoms with E-state index in [4.69, 9.17) is 10.2 Å². The second kappa shape index (κ2) is 5.53. The van der Waals surface area contributed by atoms with E-state index >= 15 is 0 Å². The number of allylic oxidation sites excluding steroid dienone is 3.